The van der Waals surface area contributed by atoms with Crippen LogP contribution in [0.4, 0.5) is 0 Å². The highest BCUT2D eigenvalue weighted by molar-refractivity contribution is 5.88. The van der Waals surface area contributed by atoms with Gasteiger partial charge in [0.15, 0.2) is 0 Å². The third kappa shape index (κ3) is 5.85. The number of hydrogen-bond donors (Lipinski definition) is 1. The van der Waals surface area contributed by atoms with Crippen molar-refractivity contribution in [3.05, 3.63) is 11.6 Å². The second-order valence-electron chi connectivity index (χ2n) is 2.78. The minimum absolute atomic E-state index is 0.130. The van der Waals surface area contributed by atoms with Crippen LogP contribution in [-0.2, 0) is 19.1 Å². The van der Waals surface area contributed by atoms with Crippen LogP contribution in [0, 0.1) is 0 Å². The fourth-order valence-corrected chi connectivity index (χ4v) is 0.945. The van der Waals surface area contributed by atoms with Crippen molar-refractivity contribution in [1.82, 2.24) is 5.32 Å². The highest BCUT2D eigenvalue weighted by Gasteiger charge is 2.05. The Labute approximate surface area is 89.4 Å². The number of methoxy groups -OCH3 is 2. The molecular formula is C10H17NO4. The Kier molecular flexibility index (Phi) is 7.27. The van der Waals surface area contributed by atoms with Gasteiger partial charge in [-0.3, -0.25) is 4.79 Å². The molecule has 86 valence electrons. The molecule has 0 aromatic carbocycles. The molecule has 1 N–H and O–H groups in total. The maximum Gasteiger partial charge on any atom is 0.333 e. The molecule has 15 heavy (non-hydrogen) atoms. The van der Waals surface area contributed by atoms with Crippen molar-refractivity contribution in [2.45, 2.75) is 13.3 Å². The van der Waals surface area contributed by atoms with Crippen molar-refractivity contribution in [3.63, 3.8) is 0 Å². The lowest BCUT2D eigenvalue weighted by Crippen LogP contribution is -2.24. The topological polar surface area (TPSA) is 64.6 Å². The van der Waals surface area contributed by atoms with Gasteiger partial charge in [-0.2, -0.15) is 0 Å². The molecule has 0 unspecified atom stereocenters. The number of carbonyl (C=O) groups excluding carboxylic acids is 2. The summed E-state index contributed by atoms with van der Waals surface area (Å²) in [6.07, 6.45) is 2.31. The summed E-state index contributed by atoms with van der Waals surface area (Å²) < 4.78 is 9.01. The van der Waals surface area contributed by atoms with Gasteiger partial charge in [-0.05, 0) is 6.42 Å². The van der Waals surface area contributed by atoms with Gasteiger partial charge in [0.25, 0.3) is 0 Å². The quantitative estimate of drug-likeness (QED) is 0.391. The summed E-state index contributed by atoms with van der Waals surface area (Å²) in [5, 5.41) is 2.82. The zero-order valence-electron chi connectivity index (χ0n) is 9.33. The minimum Gasteiger partial charge on any atom is -0.468 e. The van der Waals surface area contributed by atoms with Gasteiger partial charge in [0, 0.05) is 12.1 Å². The number of carbonyl (C=O) groups is 2. The van der Waals surface area contributed by atoms with Gasteiger partial charge in [-0.1, -0.05) is 13.0 Å². The molecule has 5 nitrogen and oxygen atoms in total. The number of nitrogens with one attached hydrogen (secondary N) is 1. The predicted molar refractivity (Wildman–Crippen MR) is 55.3 cm³/mol. The Bertz CT molecular complexity index is 248. The van der Waals surface area contributed by atoms with Crippen molar-refractivity contribution in [3.8, 4) is 0 Å². The van der Waals surface area contributed by atoms with E-state index in [0.29, 0.717) is 18.5 Å². The fraction of sp³-hybridized carbons (Fsp3) is 0.600. The van der Waals surface area contributed by atoms with Crippen LogP contribution in [0.15, 0.2) is 11.6 Å². The van der Waals surface area contributed by atoms with Gasteiger partial charge in [0.05, 0.1) is 20.8 Å². The van der Waals surface area contributed by atoms with Crippen LogP contribution < -0.4 is 5.32 Å². The summed E-state index contributed by atoms with van der Waals surface area (Å²) in [6.45, 7) is 2.43. The van der Waals surface area contributed by atoms with Crippen molar-refractivity contribution < 1.29 is 19.1 Å². The first-order valence-electron chi connectivity index (χ1n) is 4.70. The Morgan fingerprint density at radius 3 is 2.40 bits per heavy atom. The van der Waals surface area contributed by atoms with E-state index in [1.807, 2.05) is 6.92 Å². The molecule has 5 heteroatoms. The average molecular weight is 215 g/mol. The average Bonchev–Trinajstić information content (AvgIpc) is 2.27. The lowest BCUT2D eigenvalue weighted by Gasteiger charge is -2.03. The summed E-state index contributed by atoms with van der Waals surface area (Å²) in [5.74, 6) is -0.670. The first-order chi connectivity index (χ1) is 7.15. The zero-order valence-corrected chi connectivity index (χ0v) is 9.33. The molecule has 0 atom stereocenters. The Balaban J connectivity index is 3.92. The fourth-order valence-electron chi connectivity index (χ4n) is 0.945. The smallest absolute Gasteiger partial charge is 0.333 e. The first-order valence-corrected chi connectivity index (χ1v) is 4.70. The second kappa shape index (κ2) is 7.99. The Morgan fingerprint density at radius 2 is 1.93 bits per heavy atom. The summed E-state index contributed by atoms with van der Waals surface area (Å²) in [6, 6.07) is 0. The monoisotopic (exact) mass is 215 g/mol. The molecule has 0 aromatic heterocycles. The third-order valence-electron chi connectivity index (χ3n) is 1.82. The van der Waals surface area contributed by atoms with Gasteiger partial charge < -0.3 is 14.8 Å². The molecule has 0 saturated carbocycles. The number of esters is 2. The summed E-state index contributed by atoms with van der Waals surface area (Å²) >= 11 is 0. The van der Waals surface area contributed by atoms with E-state index in [1.54, 1.807) is 6.08 Å². The number of hydrogen-bond acceptors (Lipinski definition) is 5. The van der Waals surface area contributed by atoms with E-state index in [1.165, 1.54) is 14.2 Å². The standard InChI is InChI=1S/C10H17NO4/c1-4-8(10(13)15-3)5-6-11-7-9(12)14-2/h5,11H,4,6-7H2,1-3H3. The van der Waals surface area contributed by atoms with Gasteiger partial charge in [-0.25, -0.2) is 4.79 Å². The largest absolute Gasteiger partial charge is 0.468 e. The van der Waals surface area contributed by atoms with Gasteiger partial charge in [0.1, 0.15) is 0 Å². The minimum atomic E-state index is -0.336. The summed E-state index contributed by atoms with van der Waals surface area (Å²) in [4.78, 5) is 21.8. The maximum atomic E-state index is 11.1. The summed E-state index contributed by atoms with van der Waals surface area (Å²) in [7, 11) is 2.67. The van der Waals surface area contributed by atoms with E-state index in [9.17, 15) is 9.59 Å². The molecule has 0 aliphatic carbocycles. The Hall–Kier alpha value is -1.36. The molecule has 0 aromatic rings. The van der Waals surface area contributed by atoms with Crippen molar-refractivity contribution >= 4 is 11.9 Å². The van der Waals surface area contributed by atoms with Crippen LogP contribution in [-0.4, -0.2) is 39.2 Å². The maximum absolute atomic E-state index is 11.1. The van der Waals surface area contributed by atoms with Crippen molar-refractivity contribution in [2.75, 3.05) is 27.3 Å². The van der Waals surface area contributed by atoms with Crippen molar-refractivity contribution in [1.29, 1.82) is 0 Å². The highest BCUT2D eigenvalue weighted by atomic mass is 16.5. The van der Waals surface area contributed by atoms with Gasteiger partial charge in [0.2, 0.25) is 0 Å². The predicted octanol–water partition coefficient (Wildman–Crippen LogP) is 0.258. The molecule has 0 fully saturated rings. The van der Waals surface area contributed by atoms with Crippen LogP contribution in [0.5, 0.6) is 0 Å². The molecule has 0 radical (unpaired) electrons. The molecule has 0 spiro atoms. The zero-order chi connectivity index (χ0) is 11.7. The van der Waals surface area contributed by atoms with E-state index >= 15 is 0 Å². The molecular weight excluding hydrogens is 198 g/mol. The molecule has 0 bridgehead atoms. The first kappa shape index (κ1) is 13.6. The van der Waals surface area contributed by atoms with Crippen LogP contribution in [0.2, 0.25) is 0 Å². The van der Waals surface area contributed by atoms with Crippen LogP contribution in [0.1, 0.15) is 13.3 Å². The number of ether oxygens (including phenoxy) is 2. The van der Waals surface area contributed by atoms with E-state index in [0.717, 1.165) is 0 Å². The molecule has 0 aliphatic heterocycles. The van der Waals surface area contributed by atoms with E-state index in [2.05, 4.69) is 14.8 Å². The lowest BCUT2D eigenvalue weighted by molar-refractivity contribution is -0.139. The van der Waals surface area contributed by atoms with E-state index in [4.69, 9.17) is 0 Å². The van der Waals surface area contributed by atoms with E-state index in [-0.39, 0.29) is 18.5 Å². The Morgan fingerprint density at radius 1 is 1.27 bits per heavy atom. The van der Waals surface area contributed by atoms with Crippen LogP contribution in [0.3, 0.4) is 0 Å². The SMILES string of the molecule is CCC(=CCNCC(=O)OC)C(=O)OC. The van der Waals surface area contributed by atoms with E-state index < -0.39 is 0 Å². The van der Waals surface area contributed by atoms with Gasteiger partial charge >= 0.3 is 11.9 Å². The van der Waals surface area contributed by atoms with Crippen LogP contribution in [0.25, 0.3) is 0 Å². The van der Waals surface area contributed by atoms with Gasteiger partial charge in [-0.15, -0.1) is 0 Å². The molecule has 0 rings (SSSR count). The third-order valence-corrected chi connectivity index (χ3v) is 1.82. The summed E-state index contributed by atoms with van der Waals surface area (Å²) in [5.41, 5.74) is 0.592. The molecule has 0 amide bonds. The molecule has 0 heterocycles. The lowest BCUT2D eigenvalue weighted by atomic mass is 10.2. The van der Waals surface area contributed by atoms with Crippen LogP contribution >= 0.6 is 0 Å². The number of rotatable bonds is 6. The second-order valence-corrected chi connectivity index (χ2v) is 2.78. The molecule has 0 aliphatic rings. The van der Waals surface area contributed by atoms with Crippen molar-refractivity contribution in [2.24, 2.45) is 0 Å². The highest BCUT2D eigenvalue weighted by Crippen LogP contribution is 2.01. The normalized spacial score (nSPS) is 11.0. The molecule has 0 saturated heterocycles.